The number of carboxylic acid groups (broad SMARTS) is 1. The van der Waals surface area contributed by atoms with Gasteiger partial charge in [-0.25, -0.2) is 4.79 Å². The van der Waals surface area contributed by atoms with Crippen LogP contribution >= 0.6 is 0 Å². The second-order valence-electron chi connectivity index (χ2n) is 5.20. The number of aromatic carboxylic acids is 1. The standard InChI is InChI=1S/C14H21N3O2/c1-17-7-5-10(6-8-17)9-16-12-4-2-3-11(13(12)15)14(18)19/h2-4,10,16H,5-9,15H2,1H3,(H,18,19). The molecule has 1 aliphatic rings. The number of piperidine rings is 1. The summed E-state index contributed by atoms with van der Waals surface area (Å²) in [6, 6.07) is 5.08. The highest BCUT2D eigenvalue weighted by molar-refractivity contribution is 5.97. The fourth-order valence-electron chi connectivity index (χ4n) is 2.43. The monoisotopic (exact) mass is 263 g/mol. The van der Waals surface area contributed by atoms with Crippen LogP contribution in [0.15, 0.2) is 18.2 Å². The van der Waals surface area contributed by atoms with Gasteiger partial charge in [0, 0.05) is 6.54 Å². The van der Waals surface area contributed by atoms with E-state index < -0.39 is 5.97 Å². The molecule has 4 N–H and O–H groups in total. The smallest absolute Gasteiger partial charge is 0.337 e. The zero-order valence-electron chi connectivity index (χ0n) is 11.2. The molecule has 5 nitrogen and oxygen atoms in total. The van der Waals surface area contributed by atoms with Crippen molar-refractivity contribution in [2.45, 2.75) is 12.8 Å². The number of nitrogen functional groups attached to an aromatic ring is 1. The van der Waals surface area contributed by atoms with Crippen LogP contribution < -0.4 is 11.1 Å². The van der Waals surface area contributed by atoms with Crippen molar-refractivity contribution in [3.63, 3.8) is 0 Å². The van der Waals surface area contributed by atoms with Crippen LogP contribution in [0.1, 0.15) is 23.2 Å². The van der Waals surface area contributed by atoms with Gasteiger partial charge in [-0.3, -0.25) is 0 Å². The molecule has 0 unspecified atom stereocenters. The molecule has 2 rings (SSSR count). The summed E-state index contributed by atoms with van der Waals surface area (Å²) in [6.45, 7) is 3.09. The zero-order chi connectivity index (χ0) is 13.8. The Hall–Kier alpha value is -1.75. The Bertz CT molecular complexity index is 454. The van der Waals surface area contributed by atoms with Crippen molar-refractivity contribution < 1.29 is 9.90 Å². The van der Waals surface area contributed by atoms with E-state index in [2.05, 4.69) is 17.3 Å². The van der Waals surface area contributed by atoms with Gasteiger partial charge in [0.2, 0.25) is 0 Å². The first-order chi connectivity index (χ1) is 9.08. The maximum atomic E-state index is 11.0. The van der Waals surface area contributed by atoms with Gasteiger partial charge in [-0.2, -0.15) is 0 Å². The van der Waals surface area contributed by atoms with E-state index in [4.69, 9.17) is 10.8 Å². The Morgan fingerprint density at radius 1 is 1.47 bits per heavy atom. The van der Waals surface area contributed by atoms with E-state index in [9.17, 15) is 4.79 Å². The first kappa shape index (κ1) is 13.7. The van der Waals surface area contributed by atoms with Crippen LogP contribution in [-0.4, -0.2) is 42.7 Å². The van der Waals surface area contributed by atoms with Gasteiger partial charge in [-0.05, 0) is 51.0 Å². The Morgan fingerprint density at radius 2 is 2.16 bits per heavy atom. The SMILES string of the molecule is CN1CCC(CNc2cccc(C(=O)O)c2N)CC1. The lowest BCUT2D eigenvalue weighted by atomic mass is 9.97. The lowest BCUT2D eigenvalue weighted by Gasteiger charge is -2.29. The molecule has 1 aromatic carbocycles. The number of rotatable bonds is 4. The molecule has 0 saturated carbocycles. The van der Waals surface area contributed by atoms with Crippen molar-refractivity contribution in [1.29, 1.82) is 0 Å². The maximum Gasteiger partial charge on any atom is 0.337 e. The molecule has 104 valence electrons. The fraction of sp³-hybridized carbons (Fsp3) is 0.500. The zero-order valence-corrected chi connectivity index (χ0v) is 11.2. The van der Waals surface area contributed by atoms with Crippen LogP contribution in [0.4, 0.5) is 11.4 Å². The molecule has 1 heterocycles. The van der Waals surface area contributed by atoms with E-state index in [0.717, 1.165) is 25.3 Å². The summed E-state index contributed by atoms with van der Waals surface area (Å²) in [5.74, 6) is -0.357. The van der Waals surface area contributed by atoms with Gasteiger partial charge in [0.25, 0.3) is 0 Å². The number of hydrogen-bond acceptors (Lipinski definition) is 4. The molecule has 19 heavy (non-hydrogen) atoms. The van der Waals surface area contributed by atoms with Gasteiger partial charge in [-0.15, -0.1) is 0 Å². The van der Waals surface area contributed by atoms with Crippen LogP contribution in [0.25, 0.3) is 0 Å². The van der Waals surface area contributed by atoms with Crippen LogP contribution in [0, 0.1) is 5.92 Å². The molecule has 1 aromatic rings. The minimum Gasteiger partial charge on any atom is -0.478 e. The average molecular weight is 263 g/mol. The van der Waals surface area contributed by atoms with Crippen molar-refractivity contribution >= 4 is 17.3 Å². The molecule has 0 aliphatic carbocycles. The Balaban J connectivity index is 1.96. The molecule has 0 amide bonds. The Labute approximate surface area is 113 Å². The fourth-order valence-corrected chi connectivity index (χ4v) is 2.43. The lowest BCUT2D eigenvalue weighted by Crippen LogP contribution is -2.33. The Morgan fingerprint density at radius 3 is 2.79 bits per heavy atom. The minimum absolute atomic E-state index is 0.161. The molecule has 1 aliphatic heterocycles. The van der Waals surface area contributed by atoms with Gasteiger partial charge in [0.15, 0.2) is 0 Å². The summed E-state index contributed by atoms with van der Waals surface area (Å²) in [6.07, 6.45) is 2.34. The van der Waals surface area contributed by atoms with Crippen LogP contribution in [0.5, 0.6) is 0 Å². The van der Waals surface area contributed by atoms with Crippen LogP contribution in [0.2, 0.25) is 0 Å². The molecule has 0 radical (unpaired) electrons. The number of nitrogens with one attached hydrogen (secondary N) is 1. The number of carboxylic acids is 1. The topological polar surface area (TPSA) is 78.6 Å². The van der Waals surface area contributed by atoms with Crippen molar-refractivity contribution in [2.75, 3.05) is 37.7 Å². The van der Waals surface area contributed by atoms with Gasteiger partial charge in [-0.1, -0.05) is 6.07 Å². The van der Waals surface area contributed by atoms with Crippen molar-refractivity contribution in [3.8, 4) is 0 Å². The summed E-state index contributed by atoms with van der Waals surface area (Å²) in [5, 5.41) is 12.3. The van der Waals surface area contributed by atoms with Gasteiger partial charge in [0.1, 0.15) is 0 Å². The molecular formula is C14H21N3O2. The quantitative estimate of drug-likeness (QED) is 0.721. The van der Waals surface area contributed by atoms with E-state index in [1.807, 2.05) is 6.07 Å². The van der Waals surface area contributed by atoms with E-state index in [1.165, 1.54) is 18.9 Å². The maximum absolute atomic E-state index is 11.0. The minimum atomic E-state index is -0.986. The number of benzene rings is 1. The third-order valence-corrected chi connectivity index (χ3v) is 3.76. The number of anilines is 2. The Kier molecular flexibility index (Phi) is 4.27. The predicted molar refractivity (Wildman–Crippen MR) is 76.5 cm³/mol. The number of nitrogens with zero attached hydrogens (tertiary/aromatic N) is 1. The van der Waals surface area contributed by atoms with Gasteiger partial charge < -0.3 is 21.1 Å². The highest BCUT2D eigenvalue weighted by Gasteiger charge is 2.17. The van der Waals surface area contributed by atoms with E-state index in [-0.39, 0.29) is 5.56 Å². The summed E-state index contributed by atoms with van der Waals surface area (Å²) in [5.41, 5.74) is 7.07. The van der Waals surface area contributed by atoms with E-state index >= 15 is 0 Å². The second-order valence-corrected chi connectivity index (χ2v) is 5.20. The van der Waals surface area contributed by atoms with E-state index in [0.29, 0.717) is 11.6 Å². The van der Waals surface area contributed by atoms with Crippen molar-refractivity contribution in [3.05, 3.63) is 23.8 Å². The molecule has 0 atom stereocenters. The average Bonchev–Trinajstić information content (AvgIpc) is 2.39. The van der Waals surface area contributed by atoms with Gasteiger partial charge in [0.05, 0.1) is 16.9 Å². The number of hydrogen-bond donors (Lipinski definition) is 3. The number of para-hydroxylation sites is 1. The van der Waals surface area contributed by atoms with Crippen molar-refractivity contribution in [2.24, 2.45) is 5.92 Å². The van der Waals surface area contributed by atoms with Gasteiger partial charge >= 0.3 is 5.97 Å². The molecule has 5 heteroatoms. The lowest BCUT2D eigenvalue weighted by molar-refractivity contribution is 0.0698. The third-order valence-electron chi connectivity index (χ3n) is 3.76. The van der Waals surface area contributed by atoms with Crippen LogP contribution in [0.3, 0.4) is 0 Å². The van der Waals surface area contributed by atoms with Crippen molar-refractivity contribution in [1.82, 2.24) is 4.90 Å². The number of nitrogens with two attached hydrogens (primary N) is 1. The predicted octanol–water partition coefficient (Wildman–Crippen LogP) is 1.72. The molecular weight excluding hydrogens is 242 g/mol. The number of carbonyl (C=O) groups is 1. The summed E-state index contributed by atoms with van der Waals surface area (Å²) < 4.78 is 0. The first-order valence-electron chi connectivity index (χ1n) is 6.62. The molecule has 0 aromatic heterocycles. The van der Waals surface area contributed by atoms with Crippen LogP contribution in [-0.2, 0) is 0 Å². The molecule has 0 bridgehead atoms. The normalized spacial score (nSPS) is 17.3. The first-order valence-corrected chi connectivity index (χ1v) is 6.62. The highest BCUT2D eigenvalue weighted by atomic mass is 16.4. The highest BCUT2D eigenvalue weighted by Crippen LogP contribution is 2.24. The summed E-state index contributed by atoms with van der Waals surface area (Å²) in [7, 11) is 2.14. The largest absolute Gasteiger partial charge is 0.478 e. The third kappa shape index (κ3) is 3.38. The summed E-state index contributed by atoms with van der Waals surface area (Å²) >= 11 is 0. The second kappa shape index (κ2) is 5.93. The molecule has 0 spiro atoms. The van der Waals surface area contributed by atoms with E-state index in [1.54, 1.807) is 6.07 Å². The summed E-state index contributed by atoms with van der Waals surface area (Å²) in [4.78, 5) is 13.3. The number of likely N-dealkylation sites (tertiary alicyclic amines) is 1. The molecule has 1 saturated heterocycles. The molecule has 1 fully saturated rings.